The normalized spacial score (nSPS) is 19.2. The fourth-order valence-corrected chi connectivity index (χ4v) is 2.65. The second kappa shape index (κ2) is 7.99. The number of carbonyl (C=O) groups is 2. The summed E-state index contributed by atoms with van der Waals surface area (Å²) in [4.78, 5) is 26.2. The molecule has 2 unspecified atom stereocenters. The number of nitrogens with one attached hydrogen (secondary N) is 1. The molecule has 1 aromatic carbocycles. The summed E-state index contributed by atoms with van der Waals surface area (Å²) < 4.78 is 0. The molecule has 6 heteroatoms. The van der Waals surface area contributed by atoms with E-state index in [0.29, 0.717) is 30.3 Å². The molecule has 0 bridgehead atoms. The number of halogens is 1. The Hall–Kier alpha value is -1.59. The lowest BCUT2D eigenvalue weighted by Gasteiger charge is -2.29. The van der Waals surface area contributed by atoms with Crippen LogP contribution >= 0.6 is 12.4 Å². The highest BCUT2D eigenvalue weighted by atomic mass is 35.5. The first-order valence-corrected chi connectivity index (χ1v) is 8.10. The van der Waals surface area contributed by atoms with Crippen LogP contribution in [0.5, 0.6) is 0 Å². The van der Waals surface area contributed by atoms with Crippen LogP contribution in [0.1, 0.15) is 37.6 Å². The lowest BCUT2D eigenvalue weighted by Crippen LogP contribution is -2.39. The van der Waals surface area contributed by atoms with Gasteiger partial charge in [0.25, 0.3) is 5.91 Å². The van der Waals surface area contributed by atoms with Crippen molar-refractivity contribution in [2.24, 2.45) is 23.0 Å². The first-order chi connectivity index (χ1) is 10.7. The fourth-order valence-electron chi connectivity index (χ4n) is 2.65. The second-order valence-corrected chi connectivity index (χ2v) is 7.42. The van der Waals surface area contributed by atoms with Crippen LogP contribution in [0.3, 0.4) is 0 Å². The predicted molar refractivity (Wildman–Crippen MR) is 99.4 cm³/mol. The number of benzene rings is 1. The van der Waals surface area contributed by atoms with E-state index in [9.17, 15) is 9.59 Å². The number of nitrogens with two attached hydrogens (primary N) is 1. The van der Waals surface area contributed by atoms with Crippen LogP contribution in [-0.4, -0.2) is 36.9 Å². The van der Waals surface area contributed by atoms with Gasteiger partial charge < -0.3 is 16.0 Å². The molecule has 2 amide bonds. The van der Waals surface area contributed by atoms with Crippen molar-refractivity contribution in [2.45, 2.75) is 27.2 Å². The molecule has 0 spiro atoms. The summed E-state index contributed by atoms with van der Waals surface area (Å²) in [5.41, 5.74) is 6.85. The number of hydrogen-bond acceptors (Lipinski definition) is 3. The van der Waals surface area contributed by atoms with Gasteiger partial charge in [-0.2, -0.15) is 0 Å². The minimum atomic E-state index is -0.127. The molecule has 3 N–H and O–H groups in total. The Morgan fingerprint density at radius 3 is 2.54 bits per heavy atom. The van der Waals surface area contributed by atoms with Crippen molar-refractivity contribution < 1.29 is 9.59 Å². The number of hydrogen-bond donors (Lipinski definition) is 2. The summed E-state index contributed by atoms with van der Waals surface area (Å²) in [5.74, 6) is 0.550. The van der Waals surface area contributed by atoms with Crippen molar-refractivity contribution in [3.8, 4) is 0 Å². The minimum absolute atomic E-state index is 0. The lowest BCUT2D eigenvalue weighted by atomic mass is 9.93. The first-order valence-electron chi connectivity index (χ1n) is 8.10. The molecule has 1 aliphatic rings. The van der Waals surface area contributed by atoms with Gasteiger partial charge in [-0.3, -0.25) is 9.59 Å². The van der Waals surface area contributed by atoms with E-state index in [1.807, 2.05) is 19.9 Å². The summed E-state index contributed by atoms with van der Waals surface area (Å²) in [6.07, 6.45) is 0.946. The molecule has 0 aliphatic heterocycles. The van der Waals surface area contributed by atoms with Crippen molar-refractivity contribution in [1.29, 1.82) is 0 Å². The molecule has 0 radical (unpaired) electrons. The maximum Gasteiger partial charge on any atom is 0.253 e. The Kier molecular flexibility index (Phi) is 6.81. The monoisotopic (exact) mass is 353 g/mol. The lowest BCUT2D eigenvalue weighted by molar-refractivity contribution is -0.117. The molecule has 1 fully saturated rings. The average molecular weight is 354 g/mol. The molecule has 134 valence electrons. The number of amides is 2. The Morgan fingerprint density at radius 2 is 2.00 bits per heavy atom. The van der Waals surface area contributed by atoms with Gasteiger partial charge in [-0.1, -0.05) is 26.8 Å². The van der Waals surface area contributed by atoms with Crippen LogP contribution in [0.25, 0.3) is 0 Å². The van der Waals surface area contributed by atoms with Gasteiger partial charge in [-0.15, -0.1) is 12.4 Å². The SMILES string of the molecule is CC1CC1C(=O)Nc1cccc(C(=O)N(C)CC(C)(C)CN)c1.Cl. The van der Waals surface area contributed by atoms with E-state index in [4.69, 9.17) is 5.73 Å². The smallest absolute Gasteiger partial charge is 0.253 e. The maximum absolute atomic E-state index is 12.5. The number of rotatable bonds is 6. The Morgan fingerprint density at radius 1 is 1.38 bits per heavy atom. The van der Waals surface area contributed by atoms with Gasteiger partial charge in [-0.05, 0) is 42.5 Å². The van der Waals surface area contributed by atoms with Gasteiger partial charge in [0.2, 0.25) is 5.91 Å². The molecular formula is C18H28ClN3O2. The number of carbonyl (C=O) groups excluding carboxylic acids is 2. The highest BCUT2D eigenvalue weighted by Gasteiger charge is 2.39. The Bertz CT molecular complexity index is 604. The van der Waals surface area contributed by atoms with E-state index in [0.717, 1.165) is 6.42 Å². The minimum Gasteiger partial charge on any atom is -0.341 e. The number of anilines is 1. The van der Waals surface area contributed by atoms with E-state index in [2.05, 4.69) is 12.2 Å². The van der Waals surface area contributed by atoms with E-state index in [1.165, 1.54) is 0 Å². The summed E-state index contributed by atoms with van der Waals surface area (Å²) in [7, 11) is 1.77. The van der Waals surface area contributed by atoms with Crippen molar-refractivity contribution in [3.63, 3.8) is 0 Å². The van der Waals surface area contributed by atoms with E-state index in [-0.39, 0.29) is 35.6 Å². The zero-order valence-corrected chi connectivity index (χ0v) is 15.7. The summed E-state index contributed by atoms with van der Waals surface area (Å²) in [6.45, 7) is 7.23. The first kappa shape index (κ1) is 20.5. The van der Waals surface area contributed by atoms with Gasteiger partial charge in [0.05, 0.1) is 0 Å². The second-order valence-electron chi connectivity index (χ2n) is 7.42. The molecule has 0 saturated heterocycles. The highest BCUT2D eigenvalue weighted by molar-refractivity contribution is 5.98. The third-order valence-electron chi connectivity index (χ3n) is 4.39. The van der Waals surface area contributed by atoms with Crippen LogP contribution in [0.4, 0.5) is 5.69 Å². The quantitative estimate of drug-likeness (QED) is 0.825. The molecule has 0 heterocycles. The number of nitrogens with zero attached hydrogens (tertiary/aromatic N) is 1. The maximum atomic E-state index is 12.5. The van der Waals surface area contributed by atoms with Gasteiger partial charge >= 0.3 is 0 Å². The van der Waals surface area contributed by atoms with Crippen LogP contribution in [0.15, 0.2) is 24.3 Å². The average Bonchev–Trinajstić information content (AvgIpc) is 3.23. The third-order valence-corrected chi connectivity index (χ3v) is 4.39. The predicted octanol–water partition coefficient (Wildman–Crippen LogP) is 2.76. The summed E-state index contributed by atoms with van der Waals surface area (Å²) in [5, 5.41) is 2.90. The molecule has 2 rings (SSSR count). The van der Waals surface area contributed by atoms with Crippen LogP contribution in [0.2, 0.25) is 0 Å². The van der Waals surface area contributed by atoms with E-state index < -0.39 is 0 Å². The Balaban J connectivity index is 0.00000288. The molecule has 1 aliphatic carbocycles. The van der Waals surface area contributed by atoms with Gasteiger partial charge in [0, 0.05) is 30.8 Å². The van der Waals surface area contributed by atoms with Crippen LogP contribution < -0.4 is 11.1 Å². The molecule has 1 aromatic rings. The summed E-state index contributed by atoms with van der Waals surface area (Å²) >= 11 is 0. The highest BCUT2D eigenvalue weighted by Crippen LogP contribution is 2.38. The largest absolute Gasteiger partial charge is 0.341 e. The van der Waals surface area contributed by atoms with E-state index in [1.54, 1.807) is 30.1 Å². The van der Waals surface area contributed by atoms with Crippen molar-refractivity contribution >= 4 is 29.9 Å². The zero-order chi connectivity index (χ0) is 17.2. The van der Waals surface area contributed by atoms with Gasteiger partial charge in [0.1, 0.15) is 0 Å². The topological polar surface area (TPSA) is 75.4 Å². The third kappa shape index (κ3) is 5.21. The zero-order valence-electron chi connectivity index (χ0n) is 14.8. The van der Waals surface area contributed by atoms with Crippen molar-refractivity contribution in [3.05, 3.63) is 29.8 Å². The van der Waals surface area contributed by atoms with Gasteiger partial charge in [0.15, 0.2) is 0 Å². The molecule has 2 atom stereocenters. The van der Waals surface area contributed by atoms with Crippen LogP contribution in [-0.2, 0) is 4.79 Å². The van der Waals surface area contributed by atoms with Crippen LogP contribution in [0, 0.1) is 17.3 Å². The molecule has 0 aromatic heterocycles. The summed E-state index contributed by atoms with van der Waals surface area (Å²) in [6, 6.07) is 7.11. The molecule has 5 nitrogen and oxygen atoms in total. The molecule has 1 saturated carbocycles. The van der Waals surface area contributed by atoms with E-state index >= 15 is 0 Å². The fraction of sp³-hybridized carbons (Fsp3) is 0.556. The molecular weight excluding hydrogens is 326 g/mol. The molecule has 24 heavy (non-hydrogen) atoms. The Labute approximate surface area is 150 Å². The van der Waals surface area contributed by atoms with Crippen molar-refractivity contribution in [1.82, 2.24) is 4.90 Å². The standard InChI is InChI=1S/C18H27N3O2.ClH/c1-12-8-15(12)16(22)20-14-7-5-6-13(9-14)17(23)21(4)11-18(2,3)10-19;/h5-7,9,12,15H,8,10-11,19H2,1-4H3,(H,20,22);1H. The van der Waals surface area contributed by atoms with Crippen molar-refractivity contribution in [2.75, 3.05) is 25.5 Å². The van der Waals surface area contributed by atoms with Gasteiger partial charge in [-0.25, -0.2) is 0 Å².